The summed E-state index contributed by atoms with van der Waals surface area (Å²) in [4.78, 5) is 4.30. The first-order valence-electron chi connectivity index (χ1n) is 6.21. The maximum Gasteiger partial charge on any atom is 0.135 e. The summed E-state index contributed by atoms with van der Waals surface area (Å²) in [5.41, 5.74) is 10.8. The number of allylic oxidation sites excluding steroid dienone is 1. The van der Waals surface area contributed by atoms with Gasteiger partial charge in [-0.1, -0.05) is 12.1 Å². The second-order valence-electron chi connectivity index (χ2n) is 4.55. The third-order valence-electron chi connectivity index (χ3n) is 2.79. The van der Waals surface area contributed by atoms with Crippen molar-refractivity contribution < 1.29 is 0 Å². The van der Waals surface area contributed by atoms with Gasteiger partial charge in [-0.3, -0.25) is 0 Å². The average molecular weight is 284 g/mol. The molecule has 1 heterocycles. The van der Waals surface area contributed by atoms with Gasteiger partial charge in [0.05, 0.1) is 5.69 Å². The van der Waals surface area contributed by atoms with Gasteiger partial charge < -0.3 is 10.9 Å². The van der Waals surface area contributed by atoms with Gasteiger partial charge in [0.2, 0.25) is 0 Å². The van der Waals surface area contributed by atoms with Crippen LogP contribution in [0, 0.1) is 32.1 Å². The third-order valence-corrected chi connectivity index (χ3v) is 3.78. The Labute approximate surface area is 122 Å². The highest BCUT2D eigenvalue weighted by atomic mass is 32.1. The molecule has 2 aromatic rings. The fourth-order valence-electron chi connectivity index (χ4n) is 1.68. The molecule has 102 valence electrons. The van der Waals surface area contributed by atoms with E-state index in [2.05, 4.69) is 40.1 Å². The van der Waals surface area contributed by atoms with Crippen molar-refractivity contribution in [3.63, 3.8) is 0 Å². The van der Waals surface area contributed by atoms with Gasteiger partial charge in [-0.2, -0.15) is 5.26 Å². The van der Waals surface area contributed by atoms with Crippen LogP contribution in [0.5, 0.6) is 0 Å². The van der Waals surface area contributed by atoms with Crippen LogP contribution in [0.4, 0.5) is 5.69 Å². The number of nitriles is 1. The Morgan fingerprint density at radius 3 is 2.80 bits per heavy atom. The number of benzene rings is 1. The van der Waals surface area contributed by atoms with E-state index in [-0.39, 0.29) is 0 Å². The Hall–Kier alpha value is -2.32. The highest BCUT2D eigenvalue weighted by Gasteiger charge is 2.05. The van der Waals surface area contributed by atoms with Crippen molar-refractivity contribution in [3.8, 4) is 6.07 Å². The summed E-state index contributed by atoms with van der Waals surface area (Å²) in [5.74, 6) is 0. The summed E-state index contributed by atoms with van der Waals surface area (Å²) < 4.78 is 0. The van der Waals surface area contributed by atoms with Crippen molar-refractivity contribution in [2.24, 2.45) is 0 Å². The van der Waals surface area contributed by atoms with Gasteiger partial charge in [0, 0.05) is 17.3 Å². The van der Waals surface area contributed by atoms with Crippen molar-refractivity contribution in [2.45, 2.75) is 20.8 Å². The number of anilines is 1. The van der Waals surface area contributed by atoms with E-state index in [9.17, 15) is 0 Å². The number of hydrogen-bond acceptors (Lipinski definition) is 5. The van der Waals surface area contributed by atoms with Crippen LogP contribution in [0.1, 0.15) is 21.8 Å². The van der Waals surface area contributed by atoms with Crippen LogP contribution in [-0.2, 0) is 0 Å². The Balaban J connectivity index is 2.08. The maximum atomic E-state index is 9.17. The lowest BCUT2D eigenvalue weighted by atomic mass is 10.1. The molecule has 2 rings (SSSR count). The van der Waals surface area contributed by atoms with E-state index in [0.717, 1.165) is 22.0 Å². The molecule has 0 radical (unpaired) electrons. The van der Waals surface area contributed by atoms with Crippen molar-refractivity contribution >= 4 is 22.6 Å². The van der Waals surface area contributed by atoms with Crippen molar-refractivity contribution in [1.82, 2.24) is 10.4 Å². The van der Waals surface area contributed by atoms with Gasteiger partial charge in [0.1, 0.15) is 16.6 Å². The molecule has 2 N–H and O–H groups in total. The summed E-state index contributed by atoms with van der Waals surface area (Å²) in [6.07, 6.45) is 1.64. The van der Waals surface area contributed by atoms with Crippen LogP contribution in [0.2, 0.25) is 0 Å². The fourth-order valence-corrected chi connectivity index (χ4v) is 2.44. The van der Waals surface area contributed by atoms with E-state index in [1.165, 1.54) is 16.9 Å². The van der Waals surface area contributed by atoms with Crippen LogP contribution >= 0.6 is 11.3 Å². The molecule has 0 amide bonds. The van der Waals surface area contributed by atoms with Crippen molar-refractivity contribution in [2.75, 3.05) is 5.43 Å². The summed E-state index contributed by atoms with van der Waals surface area (Å²) >= 11 is 1.46. The van der Waals surface area contributed by atoms with E-state index in [1.807, 2.05) is 26.2 Å². The minimum absolute atomic E-state index is 0.515. The average Bonchev–Trinajstić information content (AvgIpc) is 2.85. The zero-order chi connectivity index (χ0) is 14.5. The Kier molecular flexibility index (Phi) is 4.38. The number of hydrazine groups is 1. The van der Waals surface area contributed by atoms with Gasteiger partial charge in [0.15, 0.2) is 0 Å². The molecule has 0 fully saturated rings. The lowest BCUT2D eigenvalue weighted by Crippen LogP contribution is -2.16. The van der Waals surface area contributed by atoms with Gasteiger partial charge in [0.25, 0.3) is 0 Å². The molecule has 1 aromatic carbocycles. The van der Waals surface area contributed by atoms with Gasteiger partial charge in [-0.15, -0.1) is 11.3 Å². The highest BCUT2D eigenvalue weighted by molar-refractivity contribution is 7.10. The number of nitrogens with zero attached hydrogens (tertiary/aromatic N) is 2. The van der Waals surface area contributed by atoms with Crippen LogP contribution in [0.3, 0.4) is 0 Å². The molecular weight excluding hydrogens is 268 g/mol. The van der Waals surface area contributed by atoms with Gasteiger partial charge in [-0.05, 0) is 38.0 Å². The first-order valence-corrected chi connectivity index (χ1v) is 7.09. The number of aromatic nitrogens is 1. The van der Waals surface area contributed by atoms with E-state index in [1.54, 1.807) is 6.20 Å². The van der Waals surface area contributed by atoms with Crippen LogP contribution < -0.4 is 10.9 Å². The number of hydrogen-bond donors (Lipinski definition) is 2. The maximum absolute atomic E-state index is 9.17. The van der Waals surface area contributed by atoms with Crippen LogP contribution in [-0.4, -0.2) is 4.98 Å². The molecule has 0 aliphatic carbocycles. The zero-order valence-electron chi connectivity index (χ0n) is 11.7. The minimum atomic E-state index is 0.515. The fraction of sp³-hybridized carbons (Fsp3) is 0.200. The molecule has 0 atom stereocenters. The predicted molar refractivity (Wildman–Crippen MR) is 83.1 cm³/mol. The van der Waals surface area contributed by atoms with E-state index in [0.29, 0.717) is 5.57 Å². The van der Waals surface area contributed by atoms with Crippen LogP contribution in [0.15, 0.2) is 29.8 Å². The van der Waals surface area contributed by atoms with E-state index >= 15 is 0 Å². The molecule has 0 saturated heterocycles. The molecule has 1 aromatic heterocycles. The monoisotopic (exact) mass is 284 g/mol. The first kappa shape index (κ1) is 14.1. The largest absolute Gasteiger partial charge is 0.307 e. The van der Waals surface area contributed by atoms with Gasteiger partial charge >= 0.3 is 0 Å². The summed E-state index contributed by atoms with van der Waals surface area (Å²) in [5, 5.41) is 11.8. The van der Waals surface area contributed by atoms with Crippen molar-refractivity contribution in [1.29, 1.82) is 5.26 Å². The quantitative estimate of drug-likeness (QED) is 0.666. The smallest absolute Gasteiger partial charge is 0.135 e. The molecule has 20 heavy (non-hydrogen) atoms. The Bertz CT molecular complexity index is 679. The molecule has 0 unspecified atom stereocenters. The lowest BCUT2D eigenvalue weighted by Gasteiger charge is -2.10. The first-order chi connectivity index (χ1) is 9.60. The highest BCUT2D eigenvalue weighted by Crippen LogP contribution is 2.18. The van der Waals surface area contributed by atoms with Gasteiger partial charge in [-0.25, -0.2) is 4.98 Å². The molecule has 5 heteroatoms. The number of nitrogens with one attached hydrogen (secondary N) is 2. The number of rotatable bonds is 4. The van der Waals surface area contributed by atoms with Crippen LogP contribution in [0.25, 0.3) is 5.57 Å². The second-order valence-corrected chi connectivity index (χ2v) is 5.41. The molecule has 0 aliphatic heterocycles. The molecule has 0 saturated carbocycles. The topological polar surface area (TPSA) is 60.7 Å². The van der Waals surface area contributed by atoms with Crippen molar-refractivity contribution in [3.05, 3.63) is 51.6 Å². The molecule has 0 bridgehead atoms. The normalized spacial score (nSPS) is 11.0. The minimum Gasteiger partial charge on any atom is -0.307 e. The molecule has 0 aliphatic rings. The summed E-state index contributed by atoms with van der Waals surface area (Å²) in [6.45, 7) is 5.98. The molecule has 0 spiro atoms. The SMILES string of the molecule is Cc1ccc(C)c(NN/C=C(\C#N)c2nc(C)cs2)c1. The summed E-state index contributed by atoms with van der Waals surface area (Å²) in [6, 6.07) is 8.32. The third kappa shape index (κ3) is 3.37. The lowest BCUT2D eigenvalue weighted by molar-refractivity contribution is 1.05. The number of thiazole rings is 1. The Morgan fingerprint density at radius 1 is 1.35 bits per heavy atom. The summed E-state index contributed by atoms with van der Waals surface area (Å²) in [7, 11) is 0. The van der Waals surface area contributed by atoms with E-state index in [4.69, 9.17) is 5.26 Å². The standard InChI is InChI=1S/C15H16N4S/c1-10-4-5-11(2)14(6-10)19-17-8-13(7-16)15-18-12(3)9-20-15/h4-6,8-9,17,19H,1-3H3/b13-8+. The zero-order valence-corrected chi connectivity index (χ0v) is 12.5. The molecule has 4 nitrogen and oxygen atoms in total. The predicted octanol–water partition coefficient (Wildman–Crippen LogP) is 3.55. The number of aryl methyl sites for hydroxylation is 3. The second kappa shape index (κ2) is 6.22. The Morgan fingerprint density at radius 2 is 2.15 bits per heavy atom. The van der Waals surface area contributed by atoms with E-state index < -0.39 is 0 Å². The molecular formula is C15H16N4S.